The van der Waals surface area contributed by atoms with Crippen LogP contribution < -0.4 is 11.1 Å². The Bertz CT molecular complexity index is 181. The maximum atomic E-state index is 10.7. The first-order chi connectivity index (χ1) is 5.00. The topological polar surface area (TPSA) is 78.9 Å². The molecule has 0 aliphatic rings. The highest BCUT2D eigenvalue weighted by molar-refractivity contribution is 5.80. The molecule has 0 atom stereocenters. The molecule has 1 amide bonds. The Hall–Kier alpha value is -1.08. The molecule has 3 N–H and O–H groups in total. The normalized spacial score (nSPS) is 10.6. The average Bonchev–Trinajstić information content (AvgIpc) is 1.88. The minimum atomic E-state index is -0.573. The summed E-state index contributed by atoms with van der Waals surface area (Å²) >= 11 is 0. The number of amides is 1. The van der Waals surface area contributed by atoms with Crippen molar-refractivity contribution >= 4 is 5.91 Å². The fraction of sp³-hybridized carbons (Fsp3) is 0.714. The summed E-state index contributed by atoms with van der Waals surface area (Å²) in [5.41, 5.74) is 4.52. The second-order valence-corrected chi connectivity index (χ2v) is 3.01. The van der Waals surface area contributed by atoms with E-state index in [1.807, 2.05) is 6.07 Å². The van der Waals surface area contributed by atoms with Gasteiger partial charge in [-0.05, 0) is 13.8 Å². The van der Waals surface area contributed by atoms with E-state index in [4.69, 9.17) is 11.0 Å². The van der Waals surface area contributed by atoms with Crippen LogP contribution in [0.4, 0.5) is 0 Å². The predicted octanol–water partition coefficient (Wildman–Crippen LogP) is -0.389. The number of hydrogen-bond donors (Lipinski definition) is 2. The molecule has 0 saturated carbocycles. The first kappa shape index (κ1) is 9.92. The lowest BCUT2D eigenvalue weighted by molar-refractivity contribution is -0.125. The highest BCUT2D eigenvalue weighted by Gasteiger charge is 2.23. The summed E-state index contributed by atoms with van der Waals surface area (Å²) in [6, 6.07) is 1.92. The quantitative estimate of drug-likeness (QED) is 0.428. The van der Waals surface area contributed by atoms with E-state index in [0.717, 1.165) is 0 Å². The maximum absolute atomic E-state index is 10.7. The minimum absolute atomic E-state index is 0.247. The highest BCUT2D eigenvalue weighted by atomic mass is 16.1. The molecule has 0 aromatic carbocycles. The Kier molecular flexibility index (Phi) is 3.55. The van der Waals surface area contributed by atoms with Crippen molar-refractivity contribution in [2.75, 3.05) is 13.1 Å². The van der Waals surface area contributed by atoms with Gasteiger partial charge in [0.2, 0.25) is 5.91 Å². The first-order valence-corrected chi connectivity index (χ1v) is 3.38. The zero-order valence-electron chi connectivity index (χ0n) is 6.85. The number of carbonyl (C=O) groups is 1. The van der Waals surface area contributed by atoms with Gasteiger partial charge in [-0.3, -0.25) is 4.79 Å². The van der Waals surface area contributed by atoms with Crippen LogP contribution in [-0.4, -0.2) is 19.0 Å². The van der Waals surface area contributed by atoms with Crippen molar-refractivity contribution in [2.45, 2.75) is 13.8 Å². The van der Waals surface area contributed by atoms with Crippen LogP contribution in [0.1, 0.15) is 13.8 Å². The lowest BCUT2D eigenvalue weighted by Gasteiger charge is -2.19. The zero-order chi connectivity index (χ0) is 8.91. The second-order valence-electron chi connectivity index (χ2n) is 3.01. The lowest BCUT2D eigenvalue weighted by atomic mass is 9.93. The van der Waals surface area contributed by atoms with Crippen LogP contribution in [0.5, 0.6) is 0 Å². The van der Waals surface area contributed by atoms with E-state index in [2.05, 4.69) is 5.32 Å². The van der Waals surface area contributed by atoms with Crippen LogP contribution in [0.15, 0.2) is 0 Å². The minimum Gasteiger partial charge on any atom is -0.369 e. The van der Waals surface area contributed by atoms with Crippen molar-refractivity contribution < 1.29 is 4.79 Å². The molecule has 0 saturated heterocycles. The molecule has 0 bridgehead atoms. The third-order valence-electron chi connectivity index (χ3n) is 1.44. The Balaban J connectivity index is 3.75. The molecule has 0 spiro atoms. The molecule has 0 heterocycles. The van der Waals surface area contributed by atoms with Gasteiger partial charge in [-0.15, -0.1) is 0 Å². The van der Waals surface area contributed by atoms with Crippen LogP contribution in [0, 0.1) is 16.7 Å². The summed E-state index contributed by atoms with van der Waals surface area (Å²) in [5, 5.41) is 11.0. The number of hydrogen-bond acceptors (Lipinski definition) is 3. The third-order valence-corrected chi connectivity index (χ3v) is 1.44. The zero-order valence-corrected chi connectivity index (χ0v) is 6.85. The summed E-state index contributed by atoms with van der Waals surface area (Å²) in [6.45, 7) is 4.16. The van der Waals surface area contributed by atoms with Crippen molar-refractivity contribution in [3.05, 3.63) is 0 Å². The molecule has 0 radical (unpaired) electrons. The van der Waals surface area contributed by atoms with Crippen molar-refractivity contribution in [2.24, 2.45) is 11.1 Å². The molecule has 0 aromatic rings. The number of nitrogens with one attached hydrogen (secondary N) is 1. The van der Waals surface area contributed by atoms with Gasteiger partial charge in [0.1, 0.15) is 0 Å². The Morgan fingerprint density at radius 2 is 2.27 bits per heavy atom. The van der Waals surface area contributed by atoms with Gasteiger partial charge < -0.3 is 11.1 Å². The van der Waals surface area contributed by atoms with Gasteiger partial charge in [0.25, 0.3) is 0 Å². The molecule has 0 rings (SSSR count). The fourth-order valence-corrected chi connectivity index (χ4v) is 0.518. The summed E-state index contributed by atoms with van der Waals surface area (Å²) in [4.78, 5) is 10.7. The number of primary amides is 1. The lowest BCUT2D eigenvalue weighted by Crippen LogP contribution is -2.40. The number of rotatable bonds is 4. The third kappa shape index (κ3) is 3.58. The molecule has 4 heteroatoms. The summed E-state index contributed by atoms with van der Waals surface area (Å²) in [5.74, 6) is -0.358. The second kappa shape index (κ2) is 3.94. The number of carbonyl (C=O) groups excluding carboxylic acids is 1. The standard InChI is InChI=1S/C7H13N3O/c1-7(2,6(9)11)5-10-4-3-8/h10H,4-5H2,1-2H3,(H2,9,11). The van der Waals surface area contributed by atoms with E-state index in [1.165, 1.54) is 0 Å². The van der Waals surface area contributed by atoms with Gasteiger partial charge in [0.05, 0.1) is 18.0 Å². The molecule has 11 heavy (non-hydrogen) atoms. The average molecular weight is 155 g/mol. The van der Waals surface area contributed by atoms with Gasteiger partial charge in [0.15, 0.2) is 0 Å². The summed E-state index contributed by atoms with van der Waals surface area (Å²) in [7, 11) is 0. The van der Waals surface area contributed by atoms with E-state index in [9.17, 15) is 4.79 Å². The molecule has 0 aromatic heterocycles. The van der Waals surface area contributed by atoms with E-state index in [0.29, 0.717) is 6.54 Å². The largest absolute Gasteiger partial charge is 0.369 e. The molecular weight excluding hydrogens is 142 g/mol. The molecule has 0 unspecified atom stereocenters. The predicted molar refractivity (Wildman–Crippen MR) is 41.5 cm³/mol. The van der Waals surface area contributed by atoms with Crippen molar-refractivity contribution in [1.29, 1.82) is 5.26 Å². The van der Waals surface area contributed by atoms with Crippen molar-refractivity contribution in [3.8, 4) is 6.07 Å². The molecule has 0 aliphatic carbocycles. The molecule has 0 fully saturated rings. The van der Waals surface area contributed by atoms with Crippen molar-refractivity contribution in [3.63, 3.8) is 0 Å². The SMILES string of the molecule is CC(C)(CNCC#N)C(N)=O. The van der Waals surface area contributed by atoms with Gasteiger partial charge in [-0.2, -0.15) is 5.26 Å². The summed E-state index contributed by atoms with van der Waals surface area (Å²) < 4.78 is 0. The number of nitrogens with two attached hydrogens (primary N) is 1. The van der Waals surface area contributed by atoms with E-state index in [1.54, 1.807) is 13.8 Å². The van der Waals surface area contributed by atoms with Crippen LogP contribution in [0.3, 0.4) is 0 Å². The molecule has 62 valence electrons. The van der Waals surface area contributed by atoms with E-state index >= 15 is 0 Å². The Labute approximate surface area is 66.4 Å². The molecule has 0 aliphatic heterocycles. The Morgan fingerprint density at radius 1 is 1.73 bits per heavy atom. The van der Waals surface area contributed by atoms with Crippen molar-refractivity contribution in [1.82, 2.24) is 5.32 Å². The van der Waals surface area contributed by atoms with Crippen LogP contribution in [-0.2, 0) is 4.79 Å². The maximum Gasteiger partial charge on any atom is 0.224 e. The number of nitrogens with zero attached hydrogens (tertiary/aromatic N) is 1. The smallest absolute Gasteiger partial charge is 0.224 e. The molecular formula is C7H13N3O. The highest BCUT2D eigenvalue weighted by Crippen LogP contribution is 2.11. The summed E-state index contributed by atoms with van der Waals surface area (Å²) in [6.07, 6.45) is 0. The fourth-order valence-electron chi connectivity index (χ4n) is 0.518. The van der Waals surface area contributed by atoms with Gasteiger partial charge in [-0.1, -0.05) is 0 Å². The monoisotopic (exact) mass is 155 g/mol. The van der Waals surface area contributed by atoms with Gasteiger partial charge >= 0.3 is 0 Å². The van der Waals surface area contributed by atoms with Crippen LogP contribution in [0.2, 0.25) is 0 Å². The Morgan fingerprint density at radius 3 is 2.64 bits per heavy atom. The van der Waals surface area contributed by atoms with Crippen LogP contribution >= 0.6 is 0 Å². The molecule has 4 nitrogen and oxygen atoms in total. The van der Waals surface area contributed by atoms with Gasteiger partial charge in [-0.25, -0.2) is 0 Å². The van der Waals surface area contributed by atoms with Crippen LogP contribution in [0.25, 0.3) is 0 Å². The van der Waals surface area contributed by atoms with Gasteiger partial charge in [0, 0.05) is 6.54 Å². The number of nitriles is 1. The first-order valence-electron chi connectivity index (χ1n) is 3.38. The van der Waals surface area contributed by atoms with E-state index in [-0.39, 0.29) is 12.5 Å². The van der Waals surface area contributed by atoms with E-state index < -0.39 is 5.41 Å².